The summed E-state index contributed by atoms with van der Waals surface area (Å²) < 4.78 is 11.0. The molecule has 0 amide bonds. The van der Waals surface area contributed by atoms with Crippen molar-refractivity contribution >= 4 is 23.2 Å². The summed E-state index contributed by atoms with van der Waals surface area (Å²) in [5, 5.41) is 11.5. The van der Waals surface area contributed by atoms with Gasteiger partial charge in [0.2, 0.25) is 0 Å². The molecule has 1 aliphatic rings. The number of halogens is 2. The van der Waals surface area contributed by atoms with Crippen molar-refractivity contribution in [1.29, 1.82) is 0 Å². The highest BCUT2D eigenvalue weighted by Gasteiger charge is 2.20. The van der Waals surface area contributed by atoms with Gasteiger partial charge < -0.3 is 14.6 Å². The summed E-state index contributed by atoms with van der Waals surface area (Å²) in [4.78, 5) is 0. The van der Waals surface area contributed by atoms with E-state index in [4.69, 9.17) is 32.7 Å². The third kappa shape index (κ3) is 2.57. The molecule has 0 radical (unpaired) electrons. The van der Waals surface area contributed by atoms with E-state index in [1.807, 2.05) is 0 Å². The van der Waals surface area contributed by atoms with Crippen LogP contribution in [-0.2, 0) is 0 Å². The Morgan fingerprint density at radius 3 is 2.40 bits per heavy atom. The molecule has 5 heteroatoms. The number of aliphatic hydroxyl groups excluding tert-OH is 1. The second-order valence-corrected chi connectivity index (χ2v) is 5.32. The standard InChI is InChI=1S/C15H12Cl2O3/c16-10-3-1-2-9(6-10)15(18)11-7-13-14(8-12(11)17)20-5-4-19-13/h1-3,6-8,15,18H,4-5H2. The zero-order valence-electron chi connectivity index (χ0n) is 10.5. The highest BCUT2D eigenvalue weighted by atomic mass is 35.5. The minimum Gasteiger partial charge on any atom is -0.486 e. The van der Waals surface area contributed by atoms with Crippen molar-refractivity contribution in [1.82, 2.24) is 0 Å². The van der Waals surface area contributed by atoms with E-state index in [2.05, 4.69) is 0 Å². The largest absolute Gasteiger partial charge is 0.486 e. The van der Waals surface area contributed by atoms with E-state index in [1.54, 1.807) is 36.4 Å². The number of rotatable bonds is 2. The lowest BCUT2D eigenvalue weighted by atomic mass is 10.0. The Labute approximate surface area is 126 Å². The summed E-state index contributed by atoms with van der Waals surface area (Å²) in [5.41, 5.74) is 1.24. The molecule has 1 N–H and O–H groups in total. The van der Waals surface area contributed by atoms with Gasteiger partial charge in [0.15, 0.2) is 11.5 Å². The van der Waals surface area contributed by atoms with Gasteiger partial charge in [-0.25, -0.2) is 0 Å². The number of ether oxygens (including phenoxy) is 2. The average Bonchev–Trinajstić information content (AvgIpc) is 2.46. The van der Waals surface area contributed by atoms with Crippen LogP contribution in [0.3, 0.4) is 0 Å². The first-order valence-corrected chi connectivity index (χ1v) is 6.93. The van der Waals surface area contributed by atoms with E-state index < -0.39 is 6.10 Å². The first-order chi connectivity index (χ1) is 9.65. The molecule has 104 valence electrons. The van der Waals surface area contributed by atoms with E-state index >= 15 is 0 Å². The first kappa shape index (κ1) is 13.6. The second-order valence-electron chi connectivity index (χ2n) is 4.47. The number of hydrogen-bond donors (Lipinski definition) is 1. The van der Waals surface area contributed by atoms with Crippen LogP contribution in [0.5, 0.6) is 11.5 Å². The van der Waals surface area contributed by atoms with E-state index in [-0.39, 0.29) is 0 Å². The zero-order chi connectivity index (χ0) is 14.1. The molecular formula is C15H12Cl2O3. The SMILES string of the molecule is OC(c1cccc(Cl)c1)c1cc2c(cc1Cl)OCCO2. The summed E-state index contributed by atoms with van der Waals surface area (Å²) in [6.45, 7) is 0.987. The van der Waals surface area contributed by atoms with Crippen LogP contribution >= 0.6 is 23.2 Å². The Morgan fingerprint density at radius 2 is 1.70 bits per heavy atom. The highest BCUT2D eigenvalue weighted by molar-refractivity contribution is 6.31. The van der Waals surface area contributed by atoms with Crippen LogP contribution in [0.2, 0.25) is 10.0 Å². The molecular weight excluding hydrogens is 299 g/mol. The maximum Gasteiger partial charge on any atom is 0.162 e. The molecule has 1 heterocycles. The van der Waals surface area contributed by atoms with Gasteiger partial charge in [-0.2, -0.15) is 0 Å². The van der Waals surface area contributed by atoms with E-state index in [0.717, 1.165) is 0 Å². The molecule has 1 unspecified atom stereocenters. The molecule has 0 saturated heterocycles. The van der Waals surface area contributed by atoms with Crippen molar-refractivity contribution < 1.29 is 14.6 Å². The molecule has 1 atom stereocenters. The third-order valence-corrected chi connectivity index (χ3v) is 3.68. The lowest BCUT2D eigenvalue weighted by Crippen LogP contribution is -2.16. The molecule has 20 heavy (non-hydrogen) atoms. The van der Waals surface area contributed by atoms with Crippen molar-refractivity contribution in [3.05, 3.63) is 57.6 Å². The Morgan fingerprint density at radius 1 is 1.00 bits per heavy atom. The van der Waals surface area contributed by atoms with Crippen LogP contribution in [0.25, 0.3) is 0 Å². The number of aliphatic hydroxyl groups is 1. The Balaban J connectivity index is 2.01. The fraction of sp³-hybridized carbons (Fsp3) is 0.200. The molecule has 0 spiro atoms. The predicted molar refractivity (Wildman–Crippen MR) is 78.0 cm³/mol. The zero-order valence-corrected chi connectivity index (χ0v) is 12.0. The van der Waals surface area contributed by atoms with Gasteiger partial charge in [0.25, 0.3) is 0 Å². The van der Waals surface area contributed by atoms with E-state index in [9.17, 15) is 5.11 Å². The molecule has 3 rings (SSSR count). The van der Waals surface area contributed by atoms with Gasteiger partial charge in [0, 0.05) is 16.7 Å². The minimum absolute atomic E-state index is 0.432. The van der Waals surface area contributed by atoms with Gasteiger partial charge in [-0.3, -0.25) is 0 Å². The maximum absolute atomic E-state index is 10.5. The molecule has 2 aromatic rings. The Bertz CT molecular complexity index is 643. The number of benzene rings is 2. The average molecular weight is 311 g/mol. The second kappa shape index (κ2) is 5.52. The van der Waals surface area contributed by atoms with Crippen LogP contribution in [0.4, 0.5) is 0 Å². The number of fused-ring (bicyclic) bond motifs is 1. The van der Waals surface area contributed by atoms with Gasteiger partial charge >= 0.3 is 0 Å². The normalized spacial score (nSPS) is 14.9. The van der Waals surface area contributed by atoms with E-state index in [0.29, 0.717) is 45.9 Å². The van der Waals surface area contributed by atoms with Gasteiger partial charge in [-0.05, 0) is 23.8 Å². The lowest BCUT2D eigenvalue weighted by Gasteiger charge is -2.21. The molecule has 0 fully saturated rings. The van der Waals surface area contributed by atoms with Crippen molar-refractivity contribution in [2.24, 2.45) is 0 Å². The molecule has 0 aliphatic carbocycles. The first-order valence-electron chi connectivity index (χ1n) is 6.18. The van der Waals surface area contributed by atoms with Crippen LogP contribution in [0, 0.1) is 0 Å². The maximum atomic E-state index is 10.5. The highest BCUT2D eigenvalue weighted by Crippen LogP contribution is 2.39. The fourth-order valence-corrected chi connectivity index (χ4v) is 2.60. The molecule has 3 nitrogen and oxygen atoms in total. The summed E-state index contributed by atoms with van der Waals surface area (Å²) in [6.07, 6.45) is -0.864. The van der Waals surface area contributed by atoms with Gasteiger partial charge in [-0.15, -0.1) is 0 Å². The van der Waals surface area contributed by atoms with Crippen LogP contribution in [-0.4, -0.2) is 18.3 Å². The summed E-state index contributed by atoms with van der Waals surface area (Å²) in [7, 11) is 0. The summed E-state index contributed by atoms with van der Waals surface area (Å²) >= 11 is 12.2. The predicted octanol–water partition coefficient (Wildman–Crippen LogP) is 3.85. The molecule has 2 aromatic carbocycles. The monoisotopic (exact) mass is 310 g/mol. The van der Waals surface area contributed by atoms with Crippen molar-refractivity contribution in [3.8, 4) is 11.5 Å². The quantitative estimate of drug-likeness (QED) is 0.915. The minimum atomic E-state index is -0.864. The smallest absolute Gasteiger partial charge is 0.162 e. The Hall–Kier alpha value is -1.42. The third-order valence-electron chi connectivity index (χ3n) is 3.12. The summed E-state index contributed by atoms with van der Waals surface area (Å²) in [6, 6.07) is 10.4. The van der Waals surface area contributed by atoms with E-state index in [1.165, 1.54) is 0 Å². The molecule has 0 aromatic heterocycles. The van der Waals surface area contributed by atoms with Gasteiger partial charge in [0.05, 0.1) is 5.02 Å². The van der Waals surface area contributed by atoms with Gasteiger partial charge in [0.1, 0.15) is 19.3 Å². The summed E-state index contributed by atoms with van der Waals surface area (Å²) in [5.74, 6) is 1.19. The fourth-order valence-electron chi connectivity index (χ4n) is 2.15. The molecule has 0 saturated carbocycles. The van der Waals surface area contributed by atoms with Crippen LogP contribution < -0.4 is 9.47 Å². The number of hydrogen-bond acceptors (Lipinski definition) is 3. The Kier molecular flexibility index (Phi) is 3.74. The van der Waals surface area contributed by atoms with Crippen molar-refractivity contribution in [3.63, 3.8) is 0 Å². The topological polar surface area (TPSA) is 38.7 Å². The van der Waals surface area contributed by atoms with Crippen molar-refractivity contribution in [2.45, 2.75) is 6.10 Å². The molecule has 1 aliphatic heterocycles. The lowest BCUT2D eigenvalue weighted by molar-refractivity contribution is 0.169. The van der Waals surface area contributed by atoms with Crippen molar-refractivity contribution in [2.75, 3.05) is 13.2 Å². The van der Waals surface area contributed by atoms with Gasteiger partial charge in [-0.1, -0.05) is 35.3 Å². The molecule has 0 bridgehead atoms. The van der Waals surface area contributed by atoms with Crippen LogP contribution in [0.1, 0.15) is 17.2 Å². The van der Waals surface area contributed by atoms with Crippen LogP contribution in [0.15, 0.2) is 36.4 Å².